The van der Waals surface area contributed by atoms with Crippen LogP contribution >= 0.6 is 11.6 Å². The molecule has 2 atom stereocenters. The van der Waals surface area contributed by atoms with Gasteiger partial charge in [0.05, 0.1) is 24.9 Å². The molecule has 0 aromatic heterocycles. The van der Waals surface area contributed by atoms with Crippen LogP contribution in [-0.2, 0) is 4.79 Å². The molecule has 2 aromatic carbocycles. The highest BCUT2D eigenvalue weighted by atomic mass is 35.5. The number of carbonyl (C=O) groups excluding carboxylic acids is 1. The molecule has 0 aliphatic heterocycles. The maximum absolute atomic E-state index is 12.5. The van der Waals surface area contributed by atoms with Crippen LogP contribution in [0.25, 0.3) is 0 Å². The third kappa shape index (κ3) is 3.60. The first-order valence-electron chi connectivity index (χ1n) is 8.00. The summed E-state index contributed by atoms with van der Waals surface area (Å²) in [5, 5.41) is 12.1. The Hall–Kier alpha value is -2.73. The number of halogens is 1. The van der Waals surface area contributed by atoms with Crippen LogP contribution in [0.1, 0.15) is 28.3 Å². The Morgan fingerprint density at radius 1 is 1.15 bits per heavy atom. The Labute approximate surface area is 155 Å². The summed E-state index contributed by atoms with van der Waals surface area (Å²) in [6, 6.07) is 10.3. The Morgan fingerprint density at radius 3 is 2.42 bits per heavy atom. The number of amides is 1. The van der Waals surface area contributed by atoms with Gasteiger partial charge in [-0.3, -0.25) is 4.79 Å². The van der Waals surface area contributed by atoms with E-state index in [0.29, 0.717) is 5.69 Å². The summed E-state index contributed by atoms with van der Waals surface area (Å²) in [5.41, 5.74) is 1.35. The van der Waals surface area contributed by atoms with E-state index in [4.69, 9.17) is 26.2 Å². The van der Waals surface area contributed by atoms with Gasteiger partial charge in [-0.25, -0.2) is 4.79 Å². The predicted octanol–water partition coefficient (Wildman–Crippen LogP) is 3.80. The molecule has 1 aliphatic rings. The summed E-state index contributed by atoms with van der Waals surface area (Å²) in [6.07, 6.45) is 0.750. The number of nitrogens with one attached hydrogen (secondary N) is 1. The summed E-state index contributed by atoms with van der Waals surface area (Å²) in [5.74, 6) is -0.391. The second-order valence-electron chi connectivity index (χ2n) is 6.05. The monoisotopic (exact) mass is 375 g/mol. The van der Waals surface area contributed by atoms with Crippen molar-refractivity contribution < 1.29 is 24.2 Å². The van der Waals surface area contributed by atoms with Crippen LogP contribution in [0.3, 0.4) is 0 Å². The van der Waals surface area contributed by atoms with Gasteiger partial charge < -0.3 is 19.9 Å². The fourth-order valence-electron chi connectivity index (χ4n) is 2.91. The van der Waals surface area contributed by atoms with Crippen LogP contribution in [0.5, 0.6) is 11.5 Å². The van der Waals surface area contributed by atoms with E-state index in [0.717, 1.165) is 17.7 Å². The van der Waals surface area contributed by atoms with Gasteiger partial charge in [-0.1, -0.05) is 23.7 Å². The molecule has 3 rings (SSSR count). The average molecular weight is 376 g/mol. The number of rotatable bonds is 6. The number of hydrogen-bond donors (Lipinski definition) is 2. The van der Waals surface area contributed by atoms with Gasteiger partial charge in [-0.2, -0.15) is 0 Å². The number of benzene rings is 2. The van der Waals surface area contributed by atoms with Crippen molar-refractivity contribution in [1.82, 2.24) is 0 Å². The molecule has 0 bridgehead atoms. The number of aromatic carboxylic acids is 1. The van der Waals surface area contributed by atoms with Gasteiger partial charge in [0.25, 0.3) is 0 Å². The third-order valence-electron chi connectivity index (χ3n) is 4.45. The summed E-state index contributed by atoms with van der Waals surface area (Å²) < 4.78 is 10.2. The Balaban J connectivity index is 1.71. The average Bonchev–Trinajstić information content (AvgIpc) is 3.44. The molecule has 26 heavy (non-hydrogen) atoms. The highest BCUT2D eigenvalue weighted by Gasteiger charge is 2.44. The van der Waals surface area contributed by atoms with E-state index >= 15 is 0 Å². The van der Waals surface area contributed by atoms with Gasteiger partial charge in [0.2, 0.25) is 5.91 Å². The zero-order valence-corrected chi connectivity index (χ0v) is 15.0. The predicted molar refractivity (Wildman–Crippen MR) is 97.4 cm³/mol. The van der Waals surface area contributed by atoms with E-state index in [1.54, 1.807) is 7.11 Å². The SMILES string of the molecule is COc1ccc(C2CC2C(=O)Nc2cc(OC)c(C(=O)O)cc2Cl)cc1. The minimum Gasteiger partial charge on any atom is -0.497 e. The van der Waals surface area contributed by atoms with Crippen LogP contribution < -0.4 is 14.8 Å². The highest BCUT2D eigenvalue weighted by molar-refractivity contribution is 6.34. The van der Waals surface area contributed by atoms with Gasteiger partial charge in [-0.05, 0) is 36.1 Å². The number of carboxylic acid groups (broad SMARTS) is 1. The Morgan fingerprint density at radius 2 is 1.85 bits per heavy atom. The van der Waals surface area contributed by atoms with E-state index in [9.17, 15) is 9.59 Å². The van der Waals surface area contributed by atoms with Crippen LogP contribution in [-0.4, -0.2) is 31.2 Å². The maximum Gasteiger partial charge on any atom is 0.339 e. The minimum atomic E-state index is -1.15. The van der Waals surface area contributed by atoms with Crippen molar-refractivity contribution in [1.29, 1.82) is 0 Å². The van der Waals surface area contributed by atoms with Gasteiger partial charge >= 0.3 is 5.97 Å². The lowest BCUT2D eigenvalue weighted by atomic mass is 10.1. The Bertz CT molecular complexity index is 850. The normalized spacial score (nSPS) is 18.1. The van der Waals surface area contributed by atoms with Gasteiger partial charge in [0, 0.05) is 12.0 Å². The smallest absolute Gasteiger partial charge is 0.339 e. The third-order valence-corrected chi connectivity index (χ3v) is 4.76. The van der Waals surface area contributed by atoms with Crippen molar-refractivity contribution in [3.8, 4) is 11.5 Å². The number of anilines is 1. The van der Waals surface area contributed by atoms with E-state index in [2.05, 4.69) is 5.32 Å². The summed E-state index contributed by atoms with van der Waals surface area (Å²) in [6.45, 7) is 0. The molecule has 0 spiro atoms. The maximum atomic E-state index is 12.5. The molecule has 136 valence electrons. The summed E-state index contributed by atoms with van der Waals surface area (Å²) in [4.78, 5) is 23.7. The molecular formula is C19H18ClNO5. The second kappa shape index (κ2) is 7.25. The van der Waals surface area contributed by atoms with Crippen molar-refractivity contribution in [2.75, 3.05) is 19.5 Å². The molecule has 0 saturated heterocycles. The van der Waals surface area contributed by atoms with Crippen LogP contribution in [0.2, 0.25) is 5.02 Å². The molecule has 1 fully saturated rings. The summed E-state index contributed by atoms with van der Waals surface area (Å²) >= 11 is 6.11. The zero-order valence-electron chi connectivity index (χ0n) is 14.3. The standard InChI is InChI=1S/C19H18ClNO5/c1-25-11-5-3-10(4-6-11)12-7-13(12)18(22)21-16-9-17(26-2)14(19(23)24)8-15(16)20/h3-6,8-9,12-13H,7H2,1-2H3,(H,21,22)(H,23,24). The van der Waals surface area contributed by atoms with E-state index in [1.807, 2.05) is 24.3 Å². The quantitative estimate of drug-likeness (QED) is 0.802. The lowest BCUT2D eigenvalue weighted by Gasteiger charge is -2.11. The van der Waals surface area contributed by atoms with Gasteiger partial charge in [-0.15, -0.1) is 0 Å². The molecule has 7 heteroatoms. The van der Waals surface area contributed by atoms with Crippen molar-refractivity contribution in [3.63, 3.8) is 0 Å². The summed E-state index contributed by atoms with van der Waals surface area (Å²) in [7, 11) is 2.97. The molecule has 1 amide bonds. The number of carbonyl (C=O) groups is 2. The number of carboxylic acids is 1. The van der Waals surface area contributed by atoms with Crippen molar-refractivity contribution >= 4 is 29.2 Å². The first-order valence-corrected chi connectivity index (χ1v) is 8.38. The van der Waals surface area contributed by atoms with Crippen molar-refractivity contribution in [2.24, 2.45) is 5.92 Å². The minimum absolute atomic E-state index is 0.0574. The number of hydrogen-bond acceptors (Lipinski definition) is 4. The Kier molecular flexibility index (Phi) is 5.04. The zero-order chi connectivity index (χ0) is 18.8. The topological polar surface area (TPSA) is 84.9 Å². The first-order chi connectivity index (χ1) is 12.4. The van der Waals surface area contributed by atoms with Crippen LogP contribution in [0, 0.1) is 5.92 Å². The van der Waals surface area contributed by atoms with E-state index < -0.39 is 5.97 Å². The second-order valence-corrected chi connectivity index (χ2v) is 6.46. The molecular weight excluding hydrogens is 358 g/mol. The first kappa shape index (κ1) is 18.1. The van der Waals surface area contributed by atoms with Crippen molar-refractivity contribution in [3.05, 3.63) is 52.5 Å². The molecule has 1 aliphatic carbocycles. The molecule has 2 unspecified atom stereocenters. The van der Waals surface area contributed by atoms with E-state index in [-0.39, 0.29) is 34.1 Å². The molecule has 0 heterocycles. The van der Waals surface area contributed by atoms with Crippen molar-refractivity contribution in [2.45, 2.75) is 12.3 Å². The molecule has 2 N–H and O–H groups in total. The van der Waals surface area contributed by atoms with Crippen LogP contribution in [0.15, 0.2) is 36.4 Å². The van der Waals surface area contributed by atoms with E-state index in [1.165, 1.54) is 19.2 Å². The lowest BCUT2D eigenvalue weighted by molar-refractivity contribution is -0.117. The number of ether oxygens (including phenoxy) is 2. The molecule has 2 aromatic rings. The van der Waals surface area contributed by atoms with Gasteiger partial charge in [0.1, 0.15) is 17.1 Å². The van der Waals surface area contributed by atoms with Crippen LogP contribution in [0.4, 0.5) is 5.69 Å². The molecule has 0 radical (unpaired) electrons. The fraction of sp³-hybridized carbons (Fsp3) is 0.263. The fourth-order valence-corrected chi connectivity index (χ4v) is 3.13. The number of methoxy groups -OCH3 is 2. The molecule has 1 saturated carbocycles. The largest absolute Gasteiger partial charge is 0.497 e. The molecule has 6 nitrogen and oxygen atoms in total. The highest BCUT2D eigenvalue weighted by Crippen LogP contribution is 2.48. The van der Waals surface area contributed by atoms with Gasteiger partial charge in [0.15, 0.2) is 0 Å². The lowest BCUT2D eigenvalue weighted by Crippen LogP contribution is -2.15.